The molecule has 6 unspecified atom stereocenters. The zero-order chi connectivity index (χ0) is 32.8. The number of hydrogen-bond donors (Lipinski definition) is 2. The van der Waals surface area contributed by atoms with E-state index < -0.39 is 36.2 Å². The van der Waals surface area contributed by atoms with E-state index in [0.717, 1.165) is 18.4 Å². The predicted octanol–water partition coefficient (Wildman–Crippen LogP) is 1.55. The van der Waals surface area contributed by atoms with Crippen molar-refractivity contribution in [1.82, 2.24) is 20.4 Å². The number of amides is 4. The number of esters is 1. The van der Waals surface area contributed by atoms with E-state index in [1.807, 2.05) is 44.2 Å². The molecule has 1 heterocycles. The maximum absolute atomic E-state index is 13.8. The summed E-state index contributed by atoms with van der Waals surface area (Å²) in [5.74, 6) is -2.03. The first kappa shape index (κ1) is 36.7. The van der Waals surface area contributed by atoms with Crippen molar-refractivity contribution in [3.63, 3.8) is 0 Å². The molecular weight excluding hydrogens is 568 g/mol. The smallest absolute Gasteiger partial charge is 0.328 e. The third-order valence-electron chi connectivity index (χ3n) is 8.73. The molecule has 1 fully saturated rings. The molecule has 1 aromatic rings. The number of ether oxygens (including phenoxy) is 3. The summed E-state index contributed by atoms with van der Waals surface area (Å²) < 4.78 is 16.6. The highest BCUT2D eigenvalue weighted by atomic mass is 16.5. The molecule has 2 N–H and O–H groups in total. The lowest BCUT2D eigenvalue weighted by Gasteiger charge is -2.39. The minimum absolute atomic E-state index is 0.0152. The van der Waals surface area contributed by atoms with E-state index in [9.17, 15) is 24.0 Å². The van der Waals surface area contributed by atoms with Crippen LogP contribution in [0.4, 0.5) is 0 Å². The van der Waals surface area contributed by atoms with Crippen LogP contribution >= 0.6 is 0 Å². The largest absolute Gasteiger partial charge is 0.467 e. The molecule has 12 nitrogen and oxygen atoms in total. The van der Waals surface area contributed by atoms with Gasteiger partial charge in [0.05, 0.1) is 50.3 Å². The van der Waals surface area contributed by atoms with Crippen LogP contribution in [0, 0.1) is 11.8 Å². The van der Waals surface area contributed by atoms with Gasteiger partial charge in [0.15, 0.2) is 0 Å². The van der Waals surface area contributed by atoms with Crippen molar-refractivity contribution in [2.75, 3.05) is 41.5 Å². The Labute approximate surface area is 261 Å². The molecule has 44 heavy (non-hydrogen) atoms. The number of rotatable bonds is 18. The number of methoxy groups -OCH3 is 3. The molecule has 1 aliphatic rings. The van der Waals surface area contributed by atoms with E-state index in [1.165, 1.54) is 21.3 Å². The van der Waals surface area contributed by atoms with Crippen molar-refractivity contribution in [1.29, 1.82) is 0 Å². The van der Waals surface area contributed by atoms with Crippen LogP contribution in [-0.2, 0) is 44.6 Å². The fourth-order valence-electron chi connectivity index (χ4n) is 6.07. The van der Waals surface area contributed by atoms with Gasteiger partial charge < -0.3 is 34.6 Å². The number of carbonyl (C=O) groups is 5. The van der Waals surface area contributed by atoms with Crippen LogP contribution < -0.4 is 10.6 Å². The molecule has 0 spiro atoms. The van der Waals surface area contributed by atoms with Crippen molar-refractivity contribution in [3.05, 3.63) is 35.9 Å². The first-order valence-electron chi connectivity index (χ1n) is 15.2. The highest BCUT2D eigenvalue weighted by molar-refractivity contribution is 5.86. The van der Waals surface area contributed by atoms with Crippen LogP contribution in [0.25, 0.3) is 0 Å². The standard InChI is InChI=1S/C32H50N4O8/c1-8-21(2)29(35(4)28(39)19-33-20-37)26(42-5)18-27(38)36-16-12-15-25(36)30(43-6)22(3)31(40)34-24(32(41)44-7)17-23-13-10-9-11-14-23/h9-11,13-14,20-22,24-26,29-30H,8,12,15-19H2,1-7H3,(H,33,37)(H,34,40)/t21?,22?,24-,25?,26?,29?,30?/m0/s1. The van der Waals surface area contributed by atoms with Crippen molar-refractivity contribution >= 4 is 30.1 Å². The SMILES string of the molecule is CCC(C)C(C(CC(=O)N1CCCC1C(OC)C(C)C(=O)N[C@@H](Cc1ccccc1)C(=O)OC)OC)N(C)C(=O)CNC=O. The van der Waals surface area contributed by atoms with Crippen molar-refractivity contribution < 1.29 is 38.2 Å². The van der Waals surface area contributed by atoms with E-state index >= 15 is 0 Å². The van der Waals surface area contributed by atoms with Crippen LogP contribution in [0.15, 0.2) is 30.3 Å². The summed E-state index contributed by atoms with van der Waals surface area (Å²) in [6.07, 6.45) is 1.70. The molecule has 0 radical (unpaired) electrons. The minimum atomic E-state index is -0.877. The number of benzene rings is 1. The second-order valence-electron chi connectivity index (χ2n) is 11.4. The summed E-state index contributed by atoms with van der Waals surface area (Å²) in [7, 11) is 5.97. The normalized spacial score (nSPS) is 18.7. The van der Waals surface area contributed by atoms with Gasteiger partial charge in [-0.15, -0.1) is 0 Å². The van der Waals surface area contributed by atoms with E-state index in [2.05, 4.69) is 10.6 Å². The molecule has 2 rings (SSSR count). The van der Waals surface area contributed by atoms with Crippen LogP contribution in [0.3, 0.4) is 0 Å². The monoisotopic (exact) mass is 618 g/mol. The number of likely N-dealkylation sites (N-methyl/N-ethyl adjacent to an activating group) is 1. The molecule has 0 aromatic heterocycles. The van der Waals surface area contributed by atoms with E-state index in [1.54, 1.807) is 23.8 Å². The molecule has 12 heteroatoms. The molecule has 246 valence electrons. The Morgan fingerprint density at radius 3 is 2.34 bits per heavy atom. The Hall–Kier alpha value is -3.51. The van der Waals surface area contributed by atoms with Gasteiger partial charge in [0.2, 0.25) is 24.1 Å². The molecule has 7 atom stereocenters. The summed E-state index contributed by atoms with van der Waals surface area (Å²) in [5.41, 5.74) is 0.877. The lowest BCUT2D eigenvalue weighted by molar-refractivity contribution is -0.148. The second kappa shape index (κ2) is 18.3. The fourth-order valence-corrected chi connectivity index (χ4v) is 6.07. The zero-order valence-corrected chi connectivity index (χ0v) is 27.1. The molecule has 1 saturated heterocycles. The number of carbonyl (C=O) groups excluding carboxylic acids is 5. The Kier molecular flexibility index (Phi) is 15.3. The molecule has 1 aromatic carbocycles. The molecule has 4 amide bonds. The first-order valence-corrected chi connectivity index (χ1v) is 15.2. The van der Waals surface area contributed by atoms with Gasteiger partial charge in [-0.2, -0.15) is 0 Å². The van der Waals surface area contributed by atoms with Gasteiger partial charge in [-0.1, -0.05) is 57.5 Å². The van der Waals surface area contributed by atoms with Gasteiger partial charge in [-0.3, -0.25) is 19.2 Å². The third-order valence-corrected chi connectivity index (χ3v) is 8.73. The highest BCUT2D eigenvalue weighted by Gasteiger charge is 2.42. The topological polar surface area (TPSA) is 144 Å². The van der Waals surface area contributed by atoms with Crippen molar-refractivity contribution in [3.8, 4) is 0 Å². The zero-order valence-electron chi connectivity index (χ0n) is 27.1. The second-order valence-corrected chi connectivity index (χ2v) is 11.4. The van der Waals surface area contributed by atoms with Crippen LogP contribution in [0.1, 0.15) is 52.0 Å². The lowest BCUT2D eigenvalue weighted by atomic mass is 9.90. The average molecular weight is 619 g/mol. The average Bonchev–Trinajstić information content (AvgIpc) is 3.52. The molecule has 0 saturated carbocycles. The Bertz CT molecular complexity index is 1090. The van der Waals surface area contributed by atoms with E-state index in [4.69, 9.17) is 14.2 Å². The molecule has 0 aliphatic carbocycles. The van der Waals surface area contributed by atoms with Gasteiger partial charge >= 0.3 is 5.97 Å². The summed E-state index contributed by atoms with van der Waals surface area (Å²) in [6, 6.07) is 7.70. The summed E-state index contributed by atoms with van der Waals surface area (Å²) in [5, 5.41) is 5.23. The quantitative estimate of drug-likeness (QED) is 0.186. The summed E-state index contributed by atoms with van der Waals surface area (Å²) in [6.45, 7) is 6.08. The Morgan fingerprint density at radius 2 is 1.77 bits per heavy atom. The maximum Gasteiger partial charge on any atom is 0.328 e. The van der Waals surface area contributed by atoms with Crippen LogP contribution in [0.5, 0.6) is 0 Å². The molecule has 0 bridgehead atoms. The number of nitrogens with one attached hydrogen (secondary N) is 2. The van der Waals surface area contributed by atoms with Crippen molar-refractivity contribution in [2.45, 2.75) is 83.2 Å². The van der Waals surface area contributed by atoms with Crippen molar-refractivity contribution in [2.24, 2.45) is 11.8 Å². The van der Waals surface area contributed by atoms with Crippen LogP contribution in [-0.4, -0.2) is 112 Å². The number of nitrogens with zero attached hydrogens (tertiary/aromatic N) is 2. The number of likely N-dealkylation sites (tertiary alicyclic amines) is 1. The summed E-state index contributed by atoms with van der Waals surface area (Å²) >= 11 is 0. The Morgan fingerprint density at radius 1 is 1.09 bits per heavy atom. The van der Waals surface area contributed by atoms with Gasteiger partial charge in [0.1, 0.15) is 6.04 Å². The van der Waals surface area contributed by atoms with E-state index in [-0.39, 0.29) is 49.1 Å². The minimum Gasteiger partial charge on any atom is -0.467 e. The number of hydrogen-bond acceptors (Lipinski definition) is 8. The molecular formula is C32H50N4O8. The van der Waals surface area contributed by atoms with E-state index in [0.29, 0.717) is 19.4 Å². The third kappa shape index (κ3) is 9.75. The Balaban J connectivity index is 2.19. The first-order chi connectivity index (χ1) is 21.0. The van der Waals surface area contributed by atoms with Gasteiger partial charge in [-0.25, -0.2) is 4.79 Å². The van der Waals surface area contributed by atoms with Gasteiger partial charge in [0, 0.05) is 34.2 Å². The highest BCUT2D eigenvalue weighted by Crippen LogP contribution is 2.29. The van der Waals surface area contributed by atoms with Gasteiger partial charge in [0.25, 0.3) is 0 Å². The fraction of sp³-hybridized carbons (Fsp3) is 0.656. The van der Waals surface area contributed by atoms with Gasteiger partial charge in [-0.05, 0) is 24.3 Å². The lowest BCUT2D eigenvalue weighted by Crippen LogP contribution is -2.54. The van der Waals surface area contributed by atoms with Crippen LogP contribution in [0.2, 0.25) is 0 Å². The molecule has 1 aliphatic heterocycles. The maximum atomic E-state index is 13.8. The predicted molar refractivity (Wildman–Crippen MR) is 164 cm³/mol. The summed E-state index contributed by atoms with van der Waals surface area (Å²) in [4.78, 5) is 66.6.